The van der Waals surface area contributed by atoms with Crippen molar-refractivity contribution in [1.29, 1.82) is 0 Å². The molecule has 2 heterocycles. The van der Waals surface area contributed by atoms with E-state index in [-0.39, 0.29) is 24.2 Å². The van der Waals surface area contributed by atoms with Crippen molar-refractivity contribution in [2.45, 2.75) is 51.2 Å². The third-order valence-electron chi connectivity index (χ3n) is 5.57. The number of rotatable bonds is 8. The van der Waals surface area contributed by atoms with Gasteiger partial charge in [0.05, 0.1) is 17.7 Å². The minimum Gasteiger partial charge on any atom is -0.458 e. The molecule has 0 aliphatic carbocycles. The van der Waals surface area contributed by atoms with Crippen molar-refractivity contribution < 1.29 is 14.3 Å². The largest absolute Gasteiger partial charge is 0.458 e. The molecule has 7 heteroatoms. The summed E-state index contributed by atoms with van der Waals surface area (Å²) in [6, 6.07) is 7.90. The third-order valence-corrected chi connectivity index (χ3v) is 6.68. The zero-order chi connectivity index (χ0) is 21.7. The Morgan fingerprint density at radius 1 is 1.27 bits per heavy atom. The summed E-state index contributed by atoms with van der Waals surface area (Å²) in [7, 11) is 0. The molecule has 4 atom stereocenters. The van der Waals surface area contributed by atoms with Crippen molar-refractivity contribution in [2.24, 2.45) is 5.92 Å². The molecule has 4 unspecified atom stereocenters. The summed E-state index contributed by atoms with van der Waals surface area (Å²) in [5.74, 6) is -0.372. The maximum Gasteiger partial charge on any atom is 0.336 e. The van der Waals surface area contributed by atoms with E-state index in [1.165, 1.54) is 0 Å². The van der Waals surface area contributed by atoms with Crippen LogP contribution in [0, 0.1) is 12.8 Å². The number of allylic oxidation sites excluding steroid dienone is 1. The van der Waals surface area contributed by atoms with Gasteiger partial charge in [-0.1, -0.05) is 50.3 Å². The van der Waals surface area contributed by atoms with Gasteiger partial charge in [0, 0.05) is 11.6 Å². The first kappa shape index (κ1) is 22.4. The van der Waals surface area contributed by atoms with Crippen LogP contribution in [0.2, 0.25) is 0 Å². The quantitative estimate of drug-likeness (QED) is 0.335. The molecule has 0 bridgehead atoms. The van der Waals surface area contributed by atoms with Crippen LogP contribution in [0.3, 0.4) is 0 Å². The minimum absolute atomic E-state index is 0.0602. The van der Waals surface area contributed by atoms with Crippen molar-refractivity contribution in [3.8, 4) is 0 Å². The van der Waals surface area contributed by atoms with Crippen LogP contribution >= 0.6 is 11.8 Å². The van der Waals surface area contributed by atoms with Crippen LogP contribution in [0.4, 0.5) is 0 Å². The van der Waals surface area contributed by atoms with Crippen molar-refractivity contribution in [3.63, 3.8) is 0 Å². The summed E-state index contributed by atoms with van der Waals surface area (Å²) < 4.78 is 5.38. The van der Waals surface area contributed by atoms with E-state index in [0.717, 1.165) is 35.4 Å². The van der Waals surface area contributed by atoms with Crippen LogP contribution in [0.25, 0.3) is 0 Å². The fourth-order valence-electron chi connectivity index (χ4n) is 4.10. The Morgan fingerprint density at radius 2 is 2.03 bits per heavy atom. The highest BCUT2D eigenvalue weighted by atomic mass is 32.2. The summed E-state index contributed by atoms with van der Waals surface area (Å²) in [6.45, 7) is 9.78. The van der Waals surface area contributed by atoms with Crippen molar-refractivity contribution in [3.05, 3.63) is 59.3 Å². The van der Waals surface area contributed by atoms with E-state index in [0.29, 0.717) is 5.57 Å². The molecular formula is C23H31N3O3S. The van der Waals surface area contributed by atoms with E-state index in [9.17, 15) is 9.59 Å². The van der Waals surface area contributed by atoms with Gasteiger partial charge in [0.25, 0.3) is 0 Å². The molecule has 0 radical (unpaired) electrons. The molecule has 3 N–H and O–H groups in total. The lowest BCUT2D eigenvalue weighted by atomic mass is 9.73. The number of nitrogens with one attached hydrogen (secondary N) is 3. The number of hydrogen-bond acceptors (Lipinski definition) is 6. The Hall–Kier alpha value is -2.25. The fraction of sp³-hybridized carbons (Fsp3) is 0.478. The molecule has 1 amide bonds. The van der Waals surface area contributed by atoms with Gasteiger partial charge in [-0.25, -0.2) is 4.79 Å². The number of carbonyl (C=O) groups excluding carboxylic acids is 2. The van der Waals surface area contributed by atoms with E-state index in [2.05, 4.69) is 29.5 Å². The summed E-state index contributed by atoms with van der Waals surface area (Å²) >= 11 is 1.70. The summed E-state index contributed by atoms with van der Waals surface area (Å²) in [5.41, 5.74) is 3.09. The first-order chi connectivity index (χ1) is 14.5. The molecule has 6 nitrogen and oxygen atoms in total. The number of amides is 1. The van der Waals surface area contributed by atoms with Crippen LogP contribution < -0.4 is 16.0 Å². The van der Waals surface area contributed by atoms with Crippen LogP contribution in [-0.4, -0.2) is 35.9 Å². The van der Waals surface area contributed by atoms with Crippen LogP contribution in [0.1, 0.15) is 43.7 Å². The highest BCUT2D eigenvalue weighted by Gasteiger charge is 2.48. The Kier molecular flexibility index (Phi) is 7.61. The van der Waals surface area contributed by atoms with Gasteiger partial charge < -0.3 is 15.4 Å². The highest BCUT2D eigenvalue weighted by molar-refractivity contribution is 7.99. The van der Waals surface area contributed by atoms with Gasteiger partial charge in [-0.2, -0.15) is 0 Å². The second-order valence-electron chi connectivity index (χ2n) is 7.69. The third kappa shape index (κ3) is 4.73. The average Bonchev–Trinajstić information content (AvgIpc) is 2.71. The molecule has 0 saturated carbocycles. The van der Waals surface area contributed by atoms with Gasteiger partial charge in [0.15, 0.2) is 0 Å². The first-order valence-corrected chi connectivity index (χ1v) is 11.5. The number of esters is 1. The number of carbonyl (C=O) groups is 2. The monoisotopic (exact) mass is 429 g/mol. The van der Waals surface area contributed by atoms with Gasteiger partial charge in [-0.15, -0.1) is 11.8 Å². The minimum atomic E-state index is -0.468. The van der Waals surface area contributed by atoms with E-state index in [1.807, 2.05) is 38.1 Å². The number of unbranched alkanes of at least 4 members (excludes halogenated alkanes) is 1. The van der Waals surface area contributed by atoms with E-state index in [1.54, 1.807) is 17.8 Å². The van der Waals surface area contributed by atoms with Crippen LogP contribution in [-0.2, 0) is 14.3 Å². The Balaban J connectivity index is 1.97. The van der Waals surface area contributed by atoms with E-state index >= 15 is 0 Å². The SMILES string of the molecule is C=CCOC(=O)C1=C(C)NC2NC(SCCCC)NC(=O)C2C1c1ccccc1C. The molecule has 1 fully saturated rings. The number of ether oxygens (including phenoxy) is 1. The summed E-state index contributed by atoms with van der Waals surface area (Å²) in [4.78, 5) is 26.2. The molecule has 162 valence electrons. The Bertz CT molecular complexity index is 839. The maximum absolute atomic E-state index is 13.3. The molecular weight excluding hydrogens is 398 g/mol. The molecule has 2 aliphatic rings. The van der Waals surface area contributed by atoms with Gasteiger partial charge in [-0.05, 0) is 37.1 Å². The molecule has 3 rings (SSSR count). The zero-order valence-electron chi connectivity index (χ0n) is 17.9. The number of hydrogen-bond donors (Lipinski definition) is 3. The Labute approximate surface area is 182 Å². The second kappa shape index (κ2) is 10.2. The number of aryl methyl sites for hydroxylation is 1. The molecule has 1 aromatic carbocycles. The first-order valence-electron chi connectivity index (χ1n) is 10.5. The molecule has 1 aromatic rings. The fourth-order valence-corrected chi connectivity index (χ4v) is 5.23. The van der Waals surface area contributed by atoms with Crippen LogP contribution in [0.15, 0.2) is 48.2 Å². The second-order valence-corrected chi connectivity index (χ2v) is 8.90. The summed E-state index contributed by atoms with van der Waals surface area (Å²) in [6.07, 6.45) is 3.50. The molecule has 30 heavy (non-hydrogen) atoms. The van der Waals surface area contributed by atoms with Crippen molar-refractivity contribution in [1.82, 2.24) is 16.0 Å². The summed E-state index contributed by atoms with van der Waals surface area (Å²) in [5, 5.41) is 9.97. The molecule has 1 saturated heterocycles. The van der Waals surface area contributed by atoms with E-state index in [4.69, 9.17) is 4.74 Å². The normalized spacial score (nSPS) is 25.8. The van der Waals surface area contributed by atoms with Crippen molar-refractivity contribution in [2.75, 3.05) is 12.4 Å². The molecule has 0 aromatic heterocycles. The topological polar surface area (TPSA) is 79.5 Å². The highest BCUT2D eigenvalue weighted by Crippen LogP contribution is 2.41. The predicted molar refractivity (Wildman–Crippen MR) is 121 cm³/mol. The maximum atomic E-state index is 13.3. The van der Waals surface area contributed by atoms with Crippen LogP contribution in [0.5, 0.6) is 0 Å². The van der Waals surface area contributed by atoms with Gasteiger partial charge in [0.2, 0.25) is 5.91 Å². The van der Waals surface area contributed by atoms with Gasteiger partial charge >= 0.3 is 5.97 Å². The van der Waals surface area contributed by atoms with Gasteiger partial charge in [-0.3, -0.25) is 10.1 Å². The van der Waals surface area contributed by atoms with E-state index < -0.39 is 17.8 Å². The number of benzene rings is 1. The number of fused-ring (bicyclic) bond motifs is 1. The average molecular weight is 430 g/mol. The molecule has 2 aliphatic heterocycles. The smallest absolute Gasteiger partial charge is 0.336 e. The lowest BCUT2D eigenvalue weighted by molar-refractivity contribution is -0.139. The molecule has 0 spiro atoms. The zero-order valence-corrected chi connectivity index (χ0v) is 18.7. The standard InChI is InChI=1S/C23H31N3O3S/c1-5-7-13-30-23-25-20-19(21(27)26-23)18(16-11-9-8-10-14(16)3)17(15(4)24-20)22(28)29-12-6-2/h6,8-11,18-20,23-25H,2,5,7,12-13H2,1,3-4H3,(H,26,27). The van der Waals surface area contributed by atoms with Crippen molar-refractivity contribution >= 4 is 23.6 Å². The number of thioether (sulfide) groups is 1. The Morgan fingerprint density at radius 3 is 2.73 bits per heavy atom. The predicted octanol–water partition coefficient (Wildman–Crippen LogP) is 3.16. The lowest BCUT2D eigenvalue weighted by Crippen LogP contribution is -2.67. The van der Waals surface area contributed by atoms with Gasteiger partial charge in [0.1, 0.15) is 12.1 Å². The lowest BCUT2D eigenvalue weighted by Gasteiger charge is -2.45.